The van der Waals surface area contributed by atoms with E-state index in [0.29, 0.717) is 28.8 Å². The molecule has 7 nitrogen and oxygen atoms in total. The van der Waals surface area contributed by atoms with Crippen LogP contribution >= 0.6 is 0 Å². The molecule has 0 fully saturated rings. The first-order valence-electron chi connectivity index (χ1n) is 8.70. The lowest BCUT2D eigenvalue weighted by Gasteiger charge is -2.10. The van der Waals surface area contributed by atoms with Crippen LogP contribution in [0.3, 0.4) is 0 Å². The third kappa shape index (κ3) is 5.56. The maximum atomic E-state index is 12.3. The van der Waals surface area contributed by atoms with Crippen LogP contribution in [0.25, 0.3) is 11.5 Å². The van der Waals surface area contributed by atoms with Gasteiger partial charge in [-0.3, -0.25) is 9.00 Å². The van der Waals surface area contributed by atoms with Crippen molar-refractivity contribution in [3.8, 4) is 23.0 Å². The maximum absolute atomic E-state index is 12.3. The fourth-order valence-electron chi connectivity index (χ4n) is 2.42. The lowest BCUT2D eigenvalue weighted by Crippen LogP contribution is -2.35. The van der Waals surface area contributed by atoms with Gasteiger partial charge in [0.2, 0.25) is 11.8 Å². The first kappa shape index (κ1) is 21.0. The summed E-state index contributed by atoms with van der Waals surface area (Å²) in [5.41, 5.74) is 1.30. The molecule has 0 unspecified atom stereocenters. The van der Waals surface area contributed by atoms with E-state index in [1.165, 1.54) is 0 Å². The molecule has 0 spiro atoms. The summed E-state index contributed by atoms with van der Waals surface area (Å²) in [6.07, 6.45) is 0.829. The summed E-state index contributed by atoms with van der Waals surface area (Å²) in [4.78, 5) is 16.3. The minimum absolute atomic E-state index is 0.0532. The second-order valence-corrected chi connectivity index (χ2v) is 7.65. The van der Waals surface area contributed by atoms with E-state index in [1.54, 1.807) is 33.3 Å². The SMILES string of the molecule is CC[C@H](C)NC(=O)C[S@](=O)Cc1nc(-c2ccc(OC)c(OC)c2)oc1C. The van der Waals surface area contributed by atoms with Gasteiger partial charge in [0.1, 0.15) is 11.5 Å². The number of carbonyl (C=O) groups is 1. The number of oxazole rings is 1. The summed E-state index contributed by atoms with van der Waals surface area (Å²) in [5, 5.41) is 2.81. The Morgan fingerprint density at radius 2 is 2.00 bits per heavy atom. The van der Waals surface area contributed by atoms with E-state index in [2.05, 4.69) is 10.3 Å². The van der Waals surface area contributed by atoms with Crippen LogP contribution < -0.4 is 14.8 Å². The summed E-state index contributed by atoms with van der Waals surface area (Å²) in [5.74, 6) is 2.05. The predicted octanol–water partition coefficient (Wildman–Crippen LogP) is 2.83. The van der Waals surface area contributed by atoms with E-state index in [1.807, 2.05) is 19.9 Å². The zero-order valence-electron chi connectivity index (χ0n) is 16.3. The van der Waals surface area contributed by atoms with Crippen molar-refractivity contribution in [2.45, 2.75) is 39.0 Å². The fourth-order valence-corrected chi connectivity index (χ4v) is 3.47. The van der Waals surface area contributed by atoms with Crippen molar-refractivity contribution in [1.82, 2.24) is 10.3 Å². The number of nitrogens with one attached hydrogen (secondary N) is 1. The maximum Gasteiger partial charge on any atom is 0.232 e. The highest BCUT2D eigenvalue weighted by atomic mass is 32.2. The van der Waals surface area contributed by atoms with Crippen LogP contribution in [0.15, 0.2) is 22.6 Å². The predicted molar refractivity (Wildman–Crippen MR) is 104 cm³/mol. The van der Waals surface area contributed by atoms with Crippen molar-refractivity contribution in [1.29, 1.82) is 0 Å². The summed E-state index contributed by atoms with van der Waals surface area (Å²) >= 11 is 0. The Morgan fingerprint density at radius 1 is 1.30 bits per heavy atom. The van der Waals surface area contributed by atoms with Crippen LogP contribution in [0.4, 0.5) is 0 Å². The second-order valence-electron chi connectivity index (χ2n) is 6.20. The molecular weight excluding hydrogens is 368 g/mol. The molecule has 1 aromatic heterocycles. The molecule has 148 valence electrons. The Labute approximate surface area is 161 Å². The third-order valence-corrected chi connectivity index (χ3v) is 5.31. The molecule has 0 radical (unpaired) electrons. The average Bonchev–Trinajstić information content (AvgIpc) is 3.00. The number of amides is 1. The number of ether oxygens (including phenoxy) is 2. The molecule has 0 aliphatic carbocycles. The van der Waals surface area contributed by atoms with Gasteiger partial charge in [0, 0.05) is 22.4 Å². The molecule has 1 N–H and O–H groups in total. The van der Waals surface area contributed by atoms with Gasteiger partial charge in [-0.05, 0) is 38.5 Å². The lowest BCUT2D eigenvalue weighted by molar-refractivity contribution is -0.119. The Bertz CT molecular complexity index is 818. The number of carbonyl (C=O) groups excluding carboxylic acids is 1. The molecular formula is C19H26N2O5S. The van der Waals surface area contributed by atoms with Crippen LogP contribution in [-0.2, 0) is 21.3 Å². The van der Waals surface area contributed by atoms with Gasteiger partial charge in [-0.2, -0.15) is 0 Å². The fraction of sp³-hybridized carbons (Fsp3) is 0.474. The van der Waals surface area contributed by atoms with Gasteiger partial charge in [-0.1, -0.05) is 6.92 Å². The molecule has 0 aliphatic rings. The molecule has 2 atom stereocenters. The molecule has 1 heterocycles. The van der Waals surface area contributed by atoms with E-state index in [4.69, 9.17) is 13.9 Å². The molecule has 1 aromatic carbocycles. The van der Waals surface area contributed by atoms with Crippen molar-refractivity contribution in [2.24, 2.45) is 0 Å². The summed E-state index contributed by atoms with van der Waals surface area (Å²) in [7, 11) is 1.76. The third-order valence-electron chi connectivity index (χ3n) is 4.13. The topological polar surface area (TPSA) is 90.7 Å². The lowest BCUT2D eigenvalue weighted by atomic mass is 10.2. The highest BCUT2D eigenvalue weighted by molar-refractivity contribution is 7.84. The van der Waals surface area contributed by atoms with Crippen LogP contribution in [0.2, 0.25) is 0 Å². The Hall–Kier alpha value is -2.35. The largest absolute Gasteiger partial charge is 0.493 e. The minimum atomic E-state index is -1.36. The second kappa shape index (κ2) is 9.55. The van der Waals surface area contributed by atoms with Crippen LogP contribution in [0, 0.1) is 6.92 Å². The number of methoxy groups -OCH3 is 2. The summed E-state index contributed by atoms with van der Waals surface area (Å²) in [6.45, 7) is 5.66. The molecule has 0 aliphatic heterocycles. The highest BCUT2D eigenvalue weighted by Crippen LogP contribution is 2.32. The molecule has 0 saturated carbocycles. The van der Waals surface area contributed by atoms with Crippen LogP contribution in [0.1, 0.15) is 31.7 Å². The first-order chi connectivity index (χ1) is 12.9. The number of rotatable bonds is 9. The number of nitrogens with zero attached hydrogens (tertiary/aromatic N) is 1. The molecule has 27 heavy (non-hydrogen) atoms. The van der Waals surface area contributed by atoms with Gasteiger partial charge in [-0.25, -0.2) is 4.98 Å². The van der Waals surface area contributed by atoms with Crippen molar-refractivity contribution in [3.63, 3.8) is 0 Å². The smallest absolute Gasteiger partial charge is 0.232 e. The summed E-state index contributed by atoms with van der Waals surface area (Å²) in [6, 6.07) is 5.42. The Kier molecular flexibility index (Phi) is 7.41. The standard InChI is InChI=1S/C19H26N2O5S/c1-6-12(2)20-18(22)11-27(23)10-15-13(3)26-19(21-15)14-7-8-16(24-4)17(9-14)25-5/h7-9,12H,6,10-11H2,1-5H3,(H,20,22)/t12-,27+/m0/s1. The van der Waals surface area contributed by atoms with E-state index in [0.717, 1.165) is 12.0 Å². The van der Waals surface area contributed by atoms with E-state index >= 15 is 0 Å². The molecule has 8 heteroatoms. The minimum Gasteiger partial charge on any atom is -0.493 e. The number of aromatic nitrogens is 1. The van der Waals surface area contributed by atoms with Gasteiger partial charge < -0.3 is 19.2 Å². The highest BCUT2D eigenvalue weighted by Gasteiger charge is 2.17. The number of benzene rings is 1. The quantitative estimate of drug-likeness (QED) is 0.703. The van der Waals surface area contributed by atoms with Crippen LogP contribution in [0.5, 0.6) is 11.5 Å². The van der Waals surface area contributed by atoms with Gasteiger partial charge >= 0.3 is 0 Å². The van der Waals surface area contributed by atoms with Crippen molar-refractivity contribution >= 4 is 16.7 Å². The first-order valence-corrected chi connectivity index (χ1v) is 10.2. The van der Waals surface area contributed by atoms with E-state index in [-0.39, 0.29) is 23.5 Å². The Balaban J connectivity index is 2.10. The van der Waals surface area contributed by atoms with Gasteiger partial charge in [-0.15, -0.1) is 0 Å². The van der Waals surface area contributed by atoms with Crippen LogP contribution in [-0.4, -0.2) is 41.1 Å². The summed E-state index contributed by atoms with van der Waals surface area (Å²) < 4.78 is 28.5. The van der Waals surface area contributed by atoms with Crippen molar-refractivity contribution in [3.05, 3.63) is 29.7 Å². The van der Waals surface area contributed by atoms with Gasteiger partial charge in [0.25, 0.3) is 0 Å². The average molecular weight is 394 g/mol. The van der Waals surface area contributed by atoms with Crippen molar-refractivity contribution < 1.29 is 22.9 Å². The Morgan fingerprint density at radius 3 is 2.63 bits per heavy atom. The number of aryl methyl sites for hydroxylation is 1. The molecule has 2 aromatic rings. The zero-order chi connectivity index (χ0) is 20.0. The molecule has 0 bridgehead atoms. The van der Waals surface area contributed by atoms with Gasteiger partial charge in [0.05, 0.1) is 25.7 Å². The molecule has 0 saturated heterocycles. The normalized spacial score (nSPS) is 13.1. The number of hydrogen-bond donors (Lipinski definition) is 1. The van der Waals surface area contributed by atoms with Gasteiger partial charge in [0.15, 0.2) is 11.5 Å². The van der Waals surface area contributed by atoms with E-state index in [9.17, 15) is 9.00 Å². The monoisotopic (exact) mass is 394 g/mol. The molecule has 2 rings (SSSR count). The number of hydrogen-bond acceptors (Lipinski definition) is 6. The van der Waals surface area contributed by atoms with Crippen molar-refractivity contribution in [2.75, 3.05) is 20.0 Å². The molecule has 1 amide bonds. The van der Waals surface area contributed by atoms with E-state index < -0.39 is 10.8 Å². The zero-order valence-corrected chi connectivity index (χ0v) is 17.1.